The molecule has 0 amide bonds. The Kier molecular flexibility index (Phi) is 3.56. The van der Waals surface area contributed by atoms with Gasteiger partial charge in [0.15, 0.2) is 5.69 Å². The molecule has 0 aliphatic rings. The van der Waals surface area contributed by atoms with Gasteiger partial charge < -0.3 is 0 Å². The number of aromatic nitrogens is 1. The molecule has 1 aromatic rings. The fourth-order valence-electron chi connectivity index (χ4n) is 1.00. The van der Waals surface area contributed by atoms with Crippen LogP contribution in [0.2, 0.25) is 0 Å². The van der Waals surface area contributed by atoms with Crippen molar-refractivity contribution in [1.29, 1.82) is 0 Å². The maximum absolute atomic E-state index is 12.4. The average molecular weight is 314 g/mol. The Balaban J connectivity index is 3.61. The van der Waals surface area contributed by atoms with Crippen LogP contribution in [0.25, 0.3) is 0 Å². The minimum atomic E-state index is -5.38. The summed E-state index contributed by atoms with van der Waals surface area (Å²) in [7, 11) is -0.169. The van der Waals surface area contributed by atoms with Crippen molar-refractivity contribution in [1.82, 2.24) is 4.98 Å². The predicted octanol–water partition coefficient (Wildman–Crippen LogP) is 3.05. The molecule has 3 nitrogen and oxygen atoms in total. The number of nitrogens with zero attached hydrogens (tertiary/aromatic N) is 1. The van der Waals surface area contributed by atoms with Crippen LogP contribution in [0, 0.1) is 0 Å². The summed E-state index contributed by atoms with van der Waals surface area (Å²) in [5.74, 6) is 0. The van der Waals surface area contributed by atoms with Gasteiger partial charge in [-0.15, -0.1) is 0 Å². The fourth-order valence-corrected chi connectivity index (χ4v) is 2.00. The number of halogens is 7. The molecule has 0 saturated heterocycles. The number of rotatable bonds is 1. The largest absolute Gasteiger partial charge is 0.434 e. The Morgan fingerprint density at radius 1 is 1.00 bits per heavy atom. The van der Waals surface area contributed by atoms with Gasteiger partial charge in [-0.25, -0.2) is 13.4 Å². The standard InChI is InChI=1S/C7H2ClF6NO2S/c8-18(16,17)3-1-2-4(6(9,10)11)15-5(3)7(12,13)14/h1-2H. The van der Waals surface area contributed by atoms with Gasteiger partial charge in [0, 0.05) is 10.7 Å². The second-order valence-electron chi connectivity index (χ2n) is 2.98. The quantitative estimate of drug-likeness (QED) is 0.591. The van der Waals surface area contributed by atoms with Crippen molar-refractivity contribution >= 4 is 19.7 Å². The van der Waals surface area contributed by atoms with Gasteiger partial charge in [-0.3, -0.25) is 0 Å². The summed E-state index contributed by atoms with van der Waals surface area (Å²) < 4.78 is 95.3. The molecule has 11 heteroatoms. The van der Waals surface area contributed by atoms with E-state index in [0.29, 0.717) is 0 Å². The van der Waals surface area contributed by atoms with Crippen LogP contribution in [0.3, 0.4) is 0 Å². The summed E-state index contributed by atoms with van der Waals surface area (Å²) in [5.41, 5.74) is -4.06. The van der Waals surface area contributed by atoms with Gasteiger partial charge in [0.25, 0.3) is 9.05 Å². The third-order valence-corrected chi connectivity index (χ3v) is 3.03. The van der Waals surface area contributed by atoms with Gasteiger partial charge >= 0.3 is 12.4 Å². The molecule has 0 aliphatic carbocycles. The third kappa shape index (κ3) is 3.25. The molecule has 1 aromatic heterocycles. The van der Waals surface area contributed by atoms with Crippen molar-refractivity contribution in [3.63, 3.8) is 0 Å². The molecule has 1 heterocycles. The van der Waals surface area contributed by atoms with E-state index in [-0.39, 0.29) is 12.1 Å². The van der Waals surface area contributed by atoms with E-state index in [1.807, 2.05) is 0 Å². The van der Waals surface area contributed by atoms with Crippen molar-refractivity contribution < 1.29 is 34.8 Å². The van der Waals surface area contributed by atoms with Crippen LogP contribution in [0.4, 0.5) is 26.3 Å². The maximum atomic E-state index is 12.4. The lowest BCUT2D eigenvalue weighted by Crippen LogP contribution is -2.18. The molecule has 0 unspecified atom stereocenters. The molecule has 1 rings (SSSR count). The lowest BCUT2D eigenvalue weighted by Gasteiger charge is -2.12. The molecule has 0 bridgehead atoms. The van der Waals surface area contributed by atoms with Gasteiger partial charge in [-0.2, -0.15) is 26.3 Å². The van der Waals surface area contributed by atoms with Crippen molar-refractivity contribution in [3.05, 3.63) is 23.5 Å². The lowest BCUT2D eigenvalue weighted by molar-refractivity contribution is -0.151. The number of alkyl halides is 6. The monoisotopic (exact) mass is 313 g/mol. The SMILES string of the molecule is O=S(=O)(Cl)c1ccc(C(F)(F)F)nc1C(F)(F)F. The molecule has 0 saturated carbocycles. The first-order chi connectivity index (χ1) is 7.83. The summed E-state index contributed by atoms with van der Waals surface area (Å²) in [6.45, 7) is 0. The zero-order chi connectivity index (χ0) is 14.4. The molecule has 0 aromatic carbocycles. The molecule has 0 fully saturated rings. The summed E-state index contributed by atoms with van der Waals surface area (Å²) in [5, 5.41) is 0. The highest BCUT2D eigenvalue weighted by atomic mass is 35.7. The highest BCUT2D eigenvalue weighted by Gasteiger charge is 2.42. The van der Waals surface area contributed by atoms with Crippen LogP contribution in [0.5, 0.6) is 0 Å². The Labute approximate surface area is 101 Å². The minimum absolute atomic E-state index is 0.102. The van der Waals surface area contributed by atoms with Crippen LogP contribution >= 0.6 is 10.7 Å². The normalized spacial score (nSPS) is 13.7. The first-order valence-corrected chi connectivity index (χ1v) is 6.24. The van der Waals surface area contributed by atoms with Crippen molar-refractivity contribution in [2.75, 3.05) is 0 Å². The highest BCUT2D eigenvalue weighted by molar-refractivity contribution is 8.13. The second kappa shape index (κ2) is 4.26. The van der Waals surface area contributed by atoms with E-state index in [9.17, 15) is 34.8 Å². The molecule has 102 valence electrons. The van der Waals surface area contributed by atoms with Crippen LogP contribution in [-0.2, 0) is 21.4 Å². The Bertz CT molecular complexity index is 564. The van der Waals surface area contributed by atoms with E-state index >= 15 is 0 Å². The van der Waals surface area contributed by atoms with E-state index in [2.05, 4.69) is 15.7 Å². The van der Waals surface area contributed by atoms with Crippen molar-refractivity contribution in [2.45, 2.75) is 17.2 Å². The van der Waals surface area contributed by atoms with E-state index in [1.54, 1.807) is 0 Å². The zero-order valence-corrected chi connectivity index (χ0v) is 9.54. The average Bonchev–Trinajstić information content (AvgIpc) is 2.12. The van der Waals surface area contributed by atoms with Crippen LogP contribution in [0.1, 0.15) is 11.4 Å². The molecular weight excluding hydrogens is 312 g/mol. The fraction of sp³-hybridized carbons (Fsp3) is 0.286. The second-order valence-corrected chi connectivity index (χ2v) is 5.51. The summed E-state index contributed by atoms with van der Waals surface area (Å²) in [6, 6.07) is 0.214. The highest BCUT2D eigenvalue weighted by Crippen LogP contribution is 2.37. The van der Waals surface area contributed by atoms with Crippen molar-refractivity contribution in [2.24, 2.45) is 0 Å². The minimum Gasteiger partial charge on any atom is -0.237 e. The molecular formula is C7H2ClF6NO2S. The Hall–Kier alpha value is -1.03. The third-order valence-electron chi connectivity index (χ3n) is 1.68. The van der Waals surface area contributed by atoms with E-state index in [0.717, 1.165) is 0 Å². The molecule has 0 aliphatic heterocycles. The van der Waals surface area contributed by atoms with Gasteiger partial charge in [0.1, 0.15) is 10.6 Å². The van der Waals surface area contributed by atoms with Crippen LogP contribution in [0.15, 0.2) is 17.0 Å². The topological polar surface area (TPSA) is 47.0 Å². The van der Waals surface area contributed by atoms with Crippen LogP contribution in [-0.4, -0.2) is 13.4 Å². The van der Waals surface area contributed by atoms with E-state index < -0.39 is 37.7 Å². The Morgan fingerprint density at radius 2 is 1.50 bits per heavy atom. The Morgan fingerprint density at radius 3 is 1.83 bits per heavy atom. The summed E-state index contributed by atoms with van der Waals surface area (Å²) in [6.07, 6.45) is -10.5. The van der Waals surface area contributed by atoms with E-state index in [1.165, 1.54) is 0 Å². The number of pyridine rings is 1. The van der Waals surface area contributed by atoms with Gasteiger partial charge in [-0.05, 0) is 12.1 Å². The van der Waals surface area contributed by atoms with Crippen molar-refractivity contribution in [3.8, 4) is 0 Å². The molecule has 0 radical (unpaired) electrons. The van der Waals surface area contributed by atoms with Crippen LogP contribution < -0.4 is 0 Å². The van der Waals surface area contributed by atoms with Gasteiger partial charge in [0.2, 0.25) is 0 Å². The summed E-state index contributed by atoms with van der Waals surface area (Å²) >= 11 is 0. The maximum Gasteiger partial charge on any atom is 0.434 e. The predicted molar refractivity (Wildman–Crippen MR) is 47.3 cm³/mol. The smallest absolute Gasteiger partial charge is 0.237 e. The van der Waals surface area contributed by atoms with Gasteiger partial charge in [-0.1, -0.05) is 0 Å². The first-order valence-electron chi connectivity index (χ1n) is 3.93. The molecule has 0 N–H and O–H groups in total. The molecule has 18 heavy (non-hydrogen) atoms. The number of hydrogen-bond acceptors (Lipinski definition) is 3. The zero-order valence-electron chi connectivity index (χ0n) is 7.97. The molecule has 0 atom stereocenters. The summed E-state index contributed by atoms with van der Waals surface area (Å²) in [4.78, 5) is 0.745. The lowest BCUT2D eigenvalue weighted by atomic mass is 10.3. The number of hydrogen-bond donors (Lipinski definition) is 0. The van der Waals surface area contributed by atoms with Gasteiger partial charge in [0.05, 0.1) is 0 Å². The first kappa shape index (κ1) is 15.0. The molecule has 0 spiro atoms. The van der Waals surface area contributed by atoms with E-state index in [4.69, 9.17) is 0 Å².